The summed E-state index contributed by atoms with van der Waals surface area (Å²) in [4.78, 5) is 43.6. The zero-order valence-corrected chi connectivity index (χ0v) is 21.2. The molecule has 2 aromatic rings. The molecule has 0 aromatic heterocycles. The van der Waals surface area contributed by atoms with Gasteiger partial charge >= 0.3 is 11.9 Å². The number of rotatable bonds is 11. The minimum atomic E-state index is -0.981. The molecule has 2 rings (SSSR count). The van der Waals surface area contributed by atoms with Crippen molar-refractivity contribution in [1.29, 1.82) is 0 Å². The van der Waals surface area contributed by atoms with Gasteiger partial charge in [0, 0.05) is 32.0 Å². The van der Waals surface area contributed by atoms with E-state index in [0.29, 0.717) is 23.3 Å². The minimum absolute atomic E-state index is 0. The number of carbonyl (C=O) groups is 4. The number of aromatic carboxylic acids is 1. The molecule has 0 aliphatic rings. The lowest BCUT2D eigenvalue weighted by atomic mass is 10.1. The molecular formula is C29H44O8. The van der Waals surface area contributed by atoms with E-state index < -0.39 is 11.9 Å². The Kier molecular flexibility index (Phi) is 23.8. The first-order valence-electron chi connectivity index (χ1n) is 11.3. The molecule has 0 radical (unpaired) electrons. The van der Waals surface area contributed by atoms with Crippen LogP contribution in [0.25, 0.3) is 0 Å². The van der Waals surface area contributed by atoms with E-state index in [-0.39, 0.29) is 38.6 Å². The maximum absolute atomic E-state index is 11.4. The highest BCUT2D eigenvalue weighted by molar-refractivity contribution is 5.96. The number of methoxy groups -OCH3 is 2. The van der Waals surface area contributed by atoms with Crippen LogP contribution >= 0.6 is 0 Å². The number of ether oxygens (including phenoxy) is 3. The fraction of sp³-hybridized carbons (Fsp3) is 0.448. The predicted molar refractivity (Wildman–Crippen MR) is 147 cm³/mol. The molecule has 0 fully saturated rings. The van der Waals surface area contributed by atoms with Crippen LogP contribution in [-0.2, 0) is 14.2 Å². The molecule has 0 spiro atoms. The number of hydrogen-bond acceptors (Lipinski definition) is 7. The van der Waals surface area contributed by atoms with Crippen molar-refractivity contribution >= 4 is 23.5 Å². The Bertz CT molecular complexity index is 866. The third-order valence-corrected chi connectivity index (χ3v) is 4.54. The standard InChI is InChI=1S/C12H14O4.C9H8O3.C6H14O.2CH4/c1-9(13)10-3-5-11(6-4-10)12(14)16-8-7-15-2;1-6(10)7-2-4-8(5-3-7)9(11)12;1-3-4-5-6-7-2;;/h3-6H,7-8H2,1-2H3;2-5H,1H3,(H,11,12);3-6H2,1-2H3;2*1H4. The van der Waals surface area contributed by atoms with Gasteiger partial charge in [-0.3, -0.25) is 9.59 Å². The molecule has 2 aromatic carbocycles. The number of esters is 1. The largest absolute Gasteiger partial charge is 0.478 e. The van der Waals surface area contributed by atoms with Gasteiger partial charge in [0.2, 0.25) is 0 Å². The first-order chi connectivity index (χ1) is 16.7. The van der Waals surface area contributed by atoms with Crippen molar-refractivity contribution in [3.63, 3.8) is 0 Å². The molecule has 0 aliphatic carbocycles. The maximum Gasteiger partial charge on any atom is 0.338 e. The van der Waals surface area contributed by atoms with E-state index in [1.807, 2.05) is 0 Å². The Morgan fingerprint density at radius 2 is 1.05 bits per heavy atom. The van der Waals surface area contributed by atoms with Gasteiger partial charge in [0.05, 0.1) is 17.7 Å². The van der Waals surface area contributed by atoms with Crippen LogP contribution in [0.1, 0.15) is 96.3 Å². The third kappa shape index (κ3) is 17.7. The molecular weight excluding hydrogens is 476 g/mol. The van der Waals surface area contributed by atoms with E-state index >= 15 is 0 Å². The molecule has 37 heavy (non-hydrogen) atoms. The summed E-state index contributed by atoms with van der Waals surface area (Å²) < 4.78 is 14.5. The number of unbranched alkanes of at least 4 members (excludes halogenated alkanes) is 2. The number of carboxylic acids is 1. The Hall–Kier alpha value is -3.36. The molecule has 0 heterocycles. The van der Waals surface area contributed by atoms with Gasteiger partial charge < -0.3 is 19.3 Å². The molecule has 208 valence electrons. The second-order valence-corrected chi connectivity index (χ2v) is 7.40. The summed E-state index contributed by atoms with van der Waals surface area (Å²) in [6.45, 7) is 6.63. The van der Waals surface area contributed by atoms with Crippen LogP contribution in [0.5, 0.6) is 0 Å². The highest BCUT2D eigenvalue weighted by atomic mass is 16.6. The summed E-state index contributed by atoms with van der Waals surface area (Å²) in [5, 5.41) is 8.53. The molecule has 0 bridgehead atoms. The van der Waals surface area contributed by atoms with Crippen molar-refractivity contribution in [1.82, 2.24) is 0 Å². The van der Waals surface area contributed by atoms with Crippen LogP contribution in [0.4, 0.5) is 0 Å². The normalized spacial score (nSPS) is 9.11. The zero-order chi connectivity index (χ0) is 26.6. The highest BCUT2D eigenvalue weighted by Crippen LogP contribution is 2.07. The predicted octanol–water partition coefficient (Wildman–Crippen LogP) is 6.38. The minimum Gasteiger partial charge on any atom is -0.478 e. The number of benzene rings is 2. The van der Waals surface area contributed by atoms with Gasteiger partial charge in [-0.2, -0.15) is 0 Å². The molecule has 8 heteroatoms. The number of Topliss-reactive ketones (excluding diaryl/α,β-unsaturated/α-hetero) is 2. The summed E-state index contributed by atoms with van der Waals surface area (Å²) in [6, 6.07) is 12.2. The van der Waals surface area contributed by atoms with Gasteiger partial charge in [-0.1, -0.05) is 58.9 Å². The summed E-state index contributed by atoms with van der Waals surface area (Å²) in [7, 11) is 3.28. The molecule has 0 atom stereocenters. The van der Waals surface area contributed by atoms with E-state index in [0.717, 1.165) is 6.61 Å². The monoisotopic (exact) mass is 520 g/mol. The SMILES string of the molecule is C.C.CC(=O)c1ccc(C(=O)O)cc1.CCCCCOC.COCCOC(=O)c1ccc(C(C)=O)cc1. The molecule has 0 saturated carbocycles. The lowest BCUT2D eigenvalue weighted by Gasteiger charge is -2.04. The first-order valence-corrected chi connectivity index (χ1v) is 11.3. The number of hydrogen-bond donors (Lipinski definition) is 1. The summed E-state index contributed by atoms with van der Waals surface area (Å²) >= 11 is 0. The van der Waals surface area contributed by atoms with Gasteiger partial charge in [0.25, 0.3) is 0 Å². The summed E-state index contributed by atoms with van der Waals surface area (Å²) in [5.74, 6) is -1.48. The molecule has 0 unspecified atom stereocenters. The van der Waals surface area contributed by atoms with Crippen molar-refractivity contribution in [2.45, 2.75) is 54.9 Å². The van der Waals surface area contributed by atoms with E-state index in [2.05, 4.69) is 6.92 Å². The molecule has 0 amide bonds. The van der Waals surface area contributed by atoms with Crippen LogP contribution in [0.15, 0.2) is 48.5 Å². The molecule has 1 N–H and O–H groups in total. The van der Waals surface area contributed by atoms with Crippen molar-refractivity contribution in [2.24, 2.45) is 0 Å². The Morgan fingerprint density at radius 3 is 1.41 bits per heavy atom. The van der Waals surface area contributed by atoms with Crippen molar-refractivity contribution < 1.29 is 38.5 Å². The maximum atomic E-state index is 11.4. The zero-order valence-electron chi connectivity index (χ0n) is 21.2. The highest BCUT2D eigenvalue weighted by Gasteiger charge is 2.07. The van der Waals surface area contributed by atoms with E-state index in [1.165, 1.54) is 64.5 Å². The average molecular weight is 521 g/mol. The average Bonchev–Trinajstić information content (AvgIpc) is 2.85. The van der Waals surface area contributed by atoms with E-state index in [9.17, 15) is 19.2 Å². The van der Waals surface area contributed by atoms with Crippen LogP contribution in [0.3, 0.4) is 0 Å². The molecule has 8 nitrogen and oxygen atoms in total. The van der Waals surface area contributed by atoms with Gasteiger partial charge in [-0.25, -0.2) is 9.59 Å². The smallest absolute Gasteiger partial charge is 0.338 e. The van der Waals surface area contributed by atoms with Crippen molar-refractivity contribution in [3.8, 4) is 0 Å². The van der Waals surface area contributed by atoms with Crippen molar-refractivity contribution in [3.05, 3.63) is 70.8 Å². The summed E-state index contributed by atoms with van der Waals surface area (Å²) in [6.07, 6.45) is 3.80. The quantitative estimate of drug-likeness (QED) is 0.206. The third-order valence-electron chi connectivity index (χ3n) is 4.54. The second kappa shape index (κ2) is 23.1. The summed E-state index contributed by atoms with van der Waals surface area (Å²) in [5.41, 5.74) is 1.73. The molecule has 0 aliphatic heterocycles. The Morgan fingerprint density at radius 1 is 0.649 bits per heavy atom. The topological polar surface area (TPSA) is 116 Å². The van der Waals surface area contributed by atoms with Gasteiger partial charge in [0.1, 0.15) is 6.61 Å². The molecule has 0 saturated heterocycles. The van der Waals surface area contributed by atoms with Crippen molar-refractivity contribution in [2.75, 3.05) is 34.0 Å². The van der Waals surface area contributed by atoms with E-state index in [1.54, 1.807) is 31.4 Å². The van der Waals surface area contributed by atoms with Gasteiger partial charge in [-0.05, 0) is 44.5 Å². The number of ketones is 2. The first kappa shape index (κ1) is 38.2. The van der Waals surface area contributed by atoms with Crippen LogP contribution in [0.2, 0.25) is 0 Å². The second-order valence-electron chi connectivity index (χ2n) is 7.40. The Balaban J connectivity index is -0.000000490. The van der Waals surface area contributed by atoms with Crippen LogP contribution in [0, 0.1) is 0 Å². The fourth-order valence-corrected chi connectivity index (χ4v) is 2.49. The lowest BCUT2D eigenvalue weighted by Crippen LogP contribution is -2.10. The van der Waals surface area contributed by atoms with Crippen LogP contribution < -0.4 is 0 Å². The fourth-order valence-electron chi connectivity index (χ4n) is 2.49. The van der Waals surface area contributed by atoms with Gasteiger partial charge in [-0.15, -0.1) is 0 Å². The van der Waals surface area contributed by atoms with Crippen LogP contribution in [-0.4, -0.2) is 62.7 Å². The van der Waals surface area contributed by atoms with Gasteiger partial charge in [0.15, 0.2) is 11.6 Å². The lowest BCUT2D eigenvalue weighted by molar-refractivity contribution is 0.0387. The number of carboxylic acid groups (broad SMARTS) is 1. The number of carbonyl (C=O) groups excluding carboxylic acids is 3. The van der Waals surface area contributed by atoms with E-state index in [4.69, 9.17) is 19.3 Å². The Labute approximate surface area is 221 Å².